The number of hydrogen-bond donors (Lipinski definition) is 1. The highest BCUT2D eigenvalue weighted by atomic mass is 32.2. The van der Waals surface area contributed by atoms with Gasteiger partial charge in [0, 0.05) is 12.4 Å². The molecule has 0 amide bonds. The van der Waals surface area contributed by atoms with Crippen LogP contribution in [0.5, 0.6) is 5.75 Å². The standard InChI is InChI=1S/C11H8N6OS/c18-9-3-1-8(2-4-9)17-11(14-15-16-17)19-10-7-12-5-6-13-10/h1-7,18H. The van der Waals surface area contributed by atoms with Crippen LogP contribution in [0.1, 0.15) is 0 Å². The van der Waals surface area contributed by atoms with E-state index in [0.29, 0.717) is 10.2 Å². The molecule has 2 aromatic heterocycles. The van der Waals surface area contributed by atoms with Gasteiger partial charge in [0.05, 0.1) is 11.9 Å². The normalized spacial score (nSPS) is 10.5. The predicted molar refractivity (Wildman–Crippen MR) is 67.0 cm³/mol. The van der Waals surface area contributed by atoms with Crippen molar-refractivity contribution in [3.05, 3.63) is 42.9 Å². The molecule has 1 aromatic carbocycles. The maximum atomic E-state index is 9.27. The molecule has 0 saturated heterocycles. The van der Waals surface area contributed by atoms with Gasteiger partial charge in [0.1, 0.15) is 10.8 Å². The van der Waals surface area contributed by atoms with Crippen molar-refractivity contribution < 1.29 is 5.11 Å². The van der Waals surface area contributed by atoms with Gasteiger partial charge in [0.25, 0.3) is 0 Å². The lowest BCUT2D eigenvalue weighted by molar-refractivity contribution is 0.475. The largest absolute Gasteiger partial charge is 0.508 e. The molecular formula is C11H8N6OS. The van der Waals surface area contributed by atoms with Gasteiger partial charge in [-0.25, -0.2) is 4.98 Å². The first-order valence-electron chi connectivity index (χ1n) is 5.34. The van der Waals surface area contributed by atoms with Gasteiger partial charge in [-0.05, 0) is 46.5 Å². The molecule has 0 aliphatic rings. The van der Waals surface area contributed by atoms with Crippen LogP contribution in [0.4, 0.5) is 0 Å². The van der Waals surface area contributed by atoms with Gasteiger partial charge in [-0.3, -0.25) is 4.98 Å². The van der Waals surface area contributed by atoms with Crippen LogP contribution in [0, 0.1) is 0 Å². The van der Waals surface area contributed by atoms with E-state index in [2.05, 4.69) is 25.5 Å². The van der Waals surface area contributed by atoms with E-state index in [1.165, 1.54) is 11.8 Å². The Balaban J connectivity index is 1.92. The van der Waals surface area contributed by atoms with Crippen molar-refractivity contribution in [2.45, 2.75) is 10.2 Å². The number of hydrogen-bond acceptors (Lipinski definition) is 7. The lowest BCUT2D eigenvalue weighted by Gasteiger charge is -2.03. The van der Waals surface area contributed by atoms with Gasteiger partial charge in [-0.1, -0.05) is 0 Å². The van der Waals surface area contributed by atoms with Crippen molar-refractivity contribution in [1.82, 2.24) is 30.2 Å². The molecule has 0 aliphatic heterocycles. The number of nitrogens with zero attached hydrogens (tertiary/aromatic N) is 6. The van der Waals surface area contributed by atoms with Gasteiger partial charge >= 0.3 is 0 Å². The molecule has 8 heteroatoms. The average molecular weight is 272 g/mol. The van der Waals surface area contributed by atoms with Crippen LogP contribution < -0.4 is 0 Å². The number of phenolic OH excluding ortho intramolecular Hbond substituents is 1. The Hall–Kier alpha value is -2.48. The summed E-state index contributed by atoms with van der Waals surface area (Å²) in [6, 6.07) is 6.61. The van der Waals surface area contributed by atoms with E-state index < -0.39 is 0 Å². The van der Waals surface area contributed by atoms with Crippen LogP contribution in [-0.4, -0.2) is 35.3 Å². The monoisotopic (exact) mass is 272 g/mol. The minimum absolute atomic E-state index is 0.194. The van der Waals surface area contributed by atoms with Gasteiger partial charge in [-0.15, -0.1) is 5.10 Å². The first kappa shape index (κ1) is 11.6. The molecule has 0 fully saturated rings. The molecule has 0 atom stereocenters. The fraction of sp³-hybridized carbons (Fsp3) is 0. The van der Waals surface area contributed by atoms with E-state index >= 15 is 0 Å². The Morgan fingerprint density at radius 2 is 1.95 bits per heavy atom. The summed E-state index contributed by atoms with van der Waals surface area (Å²) in [6.45, 7) is 0. The lowest BCUT2D eigenvalue weighted by Crippen LogP contribution is -1.98. The van der Waals surface area contributed by atoms with Gasteiger partial charge in [-0.2, -0.15) is 4.68 Å². The van der Waals surface area contributed by atoms with E-state index in [-0.39, 0.29) is 5.75 Å². The third-order valence-corrected chi connectivity index (χ3v) is 3.13. The molecule has 7 nitrogen and oxygen atoms in total. The molecule has 0 unspecified atom stereocenters. The summed E-state index contributed by atoms with van der Waals surface area (Å²) in [5.41, 5.74) is 0.759. The summed E-state index contributed by atoms with van der Waals surface area (Å²) in [6.07, 6.45) is 4.85. The van der Waals surface area contributed by atoms with E-state index in [1.54, 1.807) is 47.5 Å². The van der Waals surface area contributed by atoms with Crippen molar-refractivity contribution in [3.63, 3.8) is 0 Å². The Morgan fingerprint density at radius 3 is 2.68 bits per heavy atom. The Kier molecular flexibility index (Phi) is 3.07. The fourth-order valence-electron chi connectivity index (χ4n) is 1.43. The molecule has 19 heavy (non-hydrogen) atoms. The van der Waals surface area contributed by atoms with Crippen molar-refractivity contribution in [2.75, 3.05) is 0 Å². The SMILES string of the molecule is Oc1ccc(-n2nnnc2Sc2cnccn2)cc1. The average Bonchev–Trinajstić information content (AvgIpc) is 2.89. The zero-order valence-electron chi connectivity index (χ0n) is 9.58. The number of benzene rings is 1. The lowest BCUT2D eigenvalue weighted by atomic mass is 10.3. The minimum atomic E-state index is 0.194. The second-order valence-corrected chi connectivity index (χ2v) is 4.52. The molecule has 2 heterocycles. The van der Waals surface area contributed by atoms with Gasteiger partial charge < -0.3 is 5.11 Å². The van der Waals surface area contributed by atoms with Crippen molar-refractivity contribution in [1.29, 1.82) is 0 Å². The summed E-state index contributed by atoms with van der Waals surface area (Å²) >= 11 is 1.31. The molecule has 0 radical (unpaired) electrons. The quantitative estimate of drug-likeness (QED) is 0.768. The van der Waals surface area contributed by atoms with Crippen LogP contribution in [-0.2, 0) is 0 Å². The number of aromatic nitrogens is 6. The van der Waals surface area contributed by atoms with Crippen molar-refractivity contribution in [2.24, 2.45) is 0 Å². The van der Waals surface area contributed by atoms with E-state index in [4.69, 9.17) is 0 Å². The summed E-state index contributed by atoms with van der Waals surface area (Å²) in [5.74, 6) is 0.194. The van der Waals surface area contributed by atoms with Crippen LogP contribution in [0.3, 0.4) is 0 Å². The zero-order chi connectivity index (χ0) is 13.1. The molecule has 3 aromatic rings. The maximum Gasteiger partial charge on any atom is 0.220 e. The maximum absolute atomic E-state index is 9.27. The van der Waals surface area contributed by atoms with E-state index in [1.807, 2.05) is 0 Å². The van der Waals surface area contributed by atoms with Gasteiger partial charge in [0.2, 0.25) is 5.16 Å². The molecule has 3 rings (SSSR count). The first-order valence-corrected chi connectivity index (χ1v) is 6.16. The highest BCUT2D eigenvalue weighted by molar-refractivity contribution is 7.99. The number of aromatic hydroxyl groups is 1. The highest BCUT2D eigenvalue weighted by Gasteiger charge is 2.10. The first-order chi connectivity index (χ1) is 9.33. The Morgan fingerprint density at radius 1 is 1.11 bits per heavy atom. The minimum Gasteiger partial charge on any atom is -0.508 e. The molecule has 0 aliphatic carbocycles. The molecule has 1 N–H and O–H groups in total. The molecule has 0 spiro atoms. The summed E-state index contributed by atoms with van der Waals surface area (Å²) in [5, 5.41) is 22.1. The fourth-order valence-corrected chi connectivity index (χ4v) is 2.15. The van der Waals surface area contributed by atoms with Crippen LogP contribution in [0.25, 0.3) is 5.69 Å². The summed E-state index contributed by atoms with van der Waals surface area (Å²) in [7, 11) is 0. The van der Waals surface area contributed by atoms with Crippen LogP contribution >= 0.6 is 11.8 Å². The van der Waals surface area contributed by atoms with Crippen molar-refractivity contribution in [3.8, 4) is 11.4 Å². The van der Waals surface area contributed by atoms with E-state index in [9.17, 15) is 5.11 Å². The van der Waals surface area contributed by atoms with E-state index in [0.717, 1.165) is 5.69 Å². The topological polar surface area (TPSA) is 89.6 Å². The zero-order valence-corrected chi connectivity index (χ0v) is 10.4. The molecule has 94 valence electrons. The number of rotatable bonds is 3. The predicted octanol–water partition coefficient (Wildman–Crippen LogP) is 1.31. The van der Waals surface area contributed by atoms with Crippen molar-refractivity contribution >= 4 is 11.8 Å². The third kappa shape index (κ3) is 2.52. The molecular weight excluding hydrogens is 264 g/mol. The highest BCUT2D eigenvalue weighted by Crippen LogP contribution is 2.24. The molecule has 0 saturated carbocycles. The summed E-state index contributed by atoms with van der Waals surface area (Å²) in [4.78, 5) is 8.14. The second kappa shape index (κ2) is 5.02. The Bertz CT molecular complexity index is 669. The van der Waals surface area contributed by atoms with Crippen LogP contribution in [0.2, 0.25) is 0 Å². The van der Waals surface area contributed by atoms with Crippen LogP contribution in [0.15, 0.2) is 53.0 Å². The number of phenols is 1. The molecule has 0 bridgehead atoms. The second-order valence-electron chi connectivity index (χ2n) is 3.54. The smallest absolute Gasteiger partial charge is 0.220 e. The number of tetrazole rings is 1. The van der Waals surface area contributed by atoms with Gasteiger partial charge in [0.15, 0.2) is 0 Å². The third-order valence-electron chi connectivity index (χ3n) is 2.27. The summed E-state index contributed by atoms with van der Waals surface area (Å²) < 4.78 is 1.57. The Labute approximate surface area is 112 Å².